The molecule has 0 spiro atoms. The third-order valence-corrected chi connectivity index (χ3v) is 4.96. The van der Waals surface area contributed by atoms with Gasteiger partial charge in [0.1, 0.15) is 6.04 Å². The van der Waals surface area contributed by atoms with Crippen molar-refractivity contribution < 1.29 is 14.9 Å². The molecule has 3 N–H and O–H groups in total. The van der Waals surface area contributed by atoms with Crippen LogP contribution in [-0.4, -0.2) is 36.0 Å². The molecule has 1 aliphatic heterocycles. The number of nitrogens with zero attached hydrogens (tertiary/aromatic N) is 1. The summed E-state index contributed by atoms with van der Waals surface area (Å²) in [6, 6.07) is 13.7. The minimum absolute atomic E-state index is 0.0563. The second-order valence-electron chi connectivity index (χ2n) is 5.61. The first-order chi connectivity index (χ1) is 11.2. The zero-order valence-corrected chi connectivity index (χ0v) is 13.8. The van der Waals surface area contributed by atoms with Crippen molar-refractivity contribution in [1.29, 1.82) is 0 Å². The highest BCUT2D eigenvalue weighted by atomic mass is 32.1. The van der Waals surface area contributed by atoms with E-state index in [0.717, 1.165) is 5.56 Å². The second-order valence-corrected chi connectivity index (χ2v) is 6.59. The number of carbonyl (C=O) groups excluding carboxylic acids is 2. The summed E-state index contributed by atoms with van der Waals surface area (Å²) in [6.07, 6.45) is 0. The molecule has 0 radical (unpaired) electrons. The van der Waals surface area contributed by atoms with Crippen LogP contribution in [0.5, 0.6) is 0 Å². The average molecular weight is 330 g/mol. The molecule has 2 atom stereocenters. The van der Waals surface area contributed by atoms with E-state index in [0.29, 0.717) is 13.1 Å². The standard InChI is InChI=1S/C17H19N3O2S/c1-12(16(21)20-10-9-18-17(20)22)19-15(14-8-5-11-23-14)13-6-3-2-4-7-13/h2-8,11-12,15,19H,9-10H2,1H3,(H,18,22)/p+1/t12-,15-/m1/s1. The van der Waals surface area contributed by atoms with E-state index in [1.165, 1.54) is 9.78 Å². The Morgan fingerprint density at radius 1 is 1.26 bits per heavy atom. The Morgan fingerprint density at radius 2 is 2.04 bits per heavy atom. The molecular formula is C17H20N3O2S+. The van der Waals surface area contributed by atoms with Gasteiger partial charge in [-0.3, -0.25) is 9.69 Å². The quantitative estimate of drug-likeness (QED) is 0.869. The number of benzene rings is 1. The molecule has 0 saturated carbocycles. The molecule has 3 amide bonds. The molecule has 2 heterocycles. The minimum atomic E-state index is -0.328. The third kappa shape index (κ3) is 3.43. The van der Waals surface area contributed by atoms with Crippen molar-refractivity contribution in [3.05, 3.63) is 58.3 Å². The number of nitrogens with two attached hydrogens (primary N) is 1. The molecule has 23 heavy (non-hydrogen) atoms. The number of carbonyl (C=O) groups is 2. The maximum Gasteiger partial charge on any atom is 0.324 e. The van der Waals surface area contributed by atoms with E-state index in [4.69, 9.17) is 0 Å². The first-order valence-electron chi connectivity index (χ1n) is 7.69. The van der Waals surface area contributed by atoms with Crippen molar-refractivity contribution in [1.82, 2.24) is 10.2 Å². The van der Waals surface area contributed by atoms with Gasteiger partial charge < -0.3 is 10.6 Å². The van der Waals surface area contributed by atoms with Crippen LogP contribution in [0.4, 0.5) is 4.79 Å². The first-order valence-corrected chi connectivity index (χ1v) is 8.57. The van der Waals surface area contributed by atoms with Gasteiger partial charge in [-0.2, -0.15) is 0 Å². The van der Waals surface area contributed by atoms with Gasteiger partial charge in [0.05, 0.1) is 4.88 Å². The highest BCUT2D eigenvalue weighted by molar-refractivity contribution is 7.10. The van der Waals surface area contributed by atoms with Gasteiger partial charge in [-0.15, -0.1) is 11.3 Å². The van der Waals surface area contributed by atoms with Crippen molar-refractivity contribution in [2.24, 2.45) is 0 Å². The summed E-state index contributed by atoms with van der Waals surface area (Å²) in [5, 5.41) is 6.75. The van der Waals surface area contributed by atoms with Crippen molar-refractivity contribution >= 4 is 23.3 Å². The molecule has 120 valence electrons. The van der Waals surface area contributed by atoms with Crippen molar-refractivity contribution in [2.75, 3.05) is 13.1 Å². The lowest BCUT2D eigenvalue weighted by atomic mass is 10.0. The zero-order valence-electron chi connectivity index (χ0n) is 12.9. The number of nitrogens with one attached hydrogen (secondary N) is 1. The topological polar surface area (TPSA) is 66.0 Å². The molecular weight excluding hydrogens is 310 g/mol. The molecule has 0 unspecified atom stereocenters. The molecule has 3 rings (SSSR count). The van der Waals surface area contributed by atoms with Gasteiger partial charge in [0.15, 0.2) is 6.04 Å². The summed E-state index contributed by atoms with van der Waals surface area (Å²) in [4.78, 5) is 26.7. The summed E-state index contributed by atoms with van der Waals surface area (Å²) >= 11 is 1.68. The van der Waals surface area contributed by atoms with Gasteiger partial charge >= 0.3 is 6.03 Å². The fourth-order valence-electron chi connectivity index (χ4n) is 2.80. The summed E-state index contributed by atoms with van der Waals surface area (Å²) in [5.41, 5.74) is 1.15. The number of quaternary nitrogens is 1. The Hall–Kier alpha value is -2.18. The lowest BCUT2D eigenvalue weighted by Gasteiger charge is -2.21. The number of urea groups is 1. The Morgan fingerprint density at radius 3 is 2.65 bits per heavy atom. The molecule has 1 saturated heterocycles. The van der Waals surface area contributed by atoms with Crippen molar-refractivity contribution in [3.63, 3.8) is 0 Å². The number of thiophene rings is 1. The van der Waals surface area contributed by atoms with E-state index in [1.807, 2.05) is 41.9 Å². The van der Waals surface area contributed by atoms with Crippen LogP contribution in [0.15, 0.2) is 47.8 Å². The largest absolute Gasteiger partial charge is 0.336 e. The van der Waals surface area contributed by atoms with Crippen molar-refractivity contribution in [3.8, 4) is 0 Å². The Bertz CT molecular complexity index is 672. The maximum atomic E-state index is 12.5. The normalized spacial score (nSPS) is 16.9. The van der Waals surface area contributed by atoms with E-state index in [1.54, 1.807) is 11.3 Å². The molecule has 0 aliphatic carbocycles. The van der Waals surface area contributed by atoms with Gasteiger partial charge in [-0.25, -0.2) is 4.79 Å². The summed E-state index contributed by atoms with van der Waals surface area (Å²) in [7, 11) is 0. The van der Waals surface area contributed by atoms with Crippen LogP contribution in [0.25, 0.3) is 0 Å². The molecule has 6 heteroatoms. The fourth-order valence-corrected chi connectivity index (χ4v) is 3.63. The molecule has 1 fully saturated rings. The van der Waals surface area contributed by atoms with E-state index >= 15 is 0 Å². The molecule has 1 aliphatic rings. The monoisotopic (exact) mass is 330 g/mol. The Labute approximate surface area is 139 Å². The predicted octanol–water partition coefficient (Wildman–Crippen LogP) is 1.34. The van der Waals surface area contributed by atoms with Gasteiger partial charge in [-0.1, -0.05) is 36.4 Å². The lowest BCUT2D eigenvalue weighted by molar-refractivity contribution is -0.704. The Balaban J connectivity index is 1.79. The second kappa shape index (κ2) is 6.93. The predicted molar refractivity (Wildman–Crippen MR) is 89.1 cm³/mol. The lowest BCUT2D eigenvalue weighted by Crippen LogP contribution is -2.92. The number of amides is 3. The number of hydrogen-bond acceptors (Lipinski definition) is 3. The maximum absolute atomic E-state index is 12.5. The van der Waals surface area contributed by atoms with E-state index in [9.17, 15) is 9.59 Å². The third-order valence-electron chi connectivity index (χ3n) is 4.00. The fraction of sp³-hybridized carbons (Fsp3) is 0.294. The molecule has 0 bridgehead atoms. The van der Waals surface area contributed by atoms with Gasteiger partial charge in [0.2, 0.25) is 0 Å². The van der Waals surface area contributed by atoms with Gasteiger partial charge in [0, 0.05) is 18.7 Å². The van der Waals surface area contributed by atoms with E-state index in [-0.39, 0.29) is 24.0 Å². The zero-order chi connectivity index (χ0) is 16.2. The van der Waals surface area contributed by atoms with Crippen LogP contribution < -0.4 is 10.6 Å². The van der Waals surface area contributed by atoms with E-state index in [2.05, 4.69) is 23.5 Å². The molecule has 5 nitrogen and oxygen atoms in total. The van der Waals surface area contributed by atoms with Crippen LogP contribution in [-0.2, 0) is 4.79 Å². The highest BCUT2D eigenvalue weighted by Crippen LogP contribution is 2.22. The average Bonchev–Trinajstić information content (AvgIpc) is 3.24. The van der Waals surface area contributed by atoms with Crippen LogP contribution in [0, 0.1) is 0 Å². The first kappa shape index (κ1) is 15.7. The Kier molecular flexibility index (Phi) is 4.73. The number of hydrogen-bond donors (Lipinski definition) is 2. The summed E-state index contributed by atoms with van der Waals surface area (Å²) < 4.78 is 0. The van der Waals surface area contributed by atoms with Crippen LogP contribution in [0.1, 0.15) is 23.4 Å². The van der Waals surface area contributed by atoms with Gasteiger partial charge in [0.25, 0.3) is 5.91 Å². The summed E-state index contributed by atoms with van der Waals surface area (Å²) in [6.45, 7) is 2.84. The number of rotatable bonds is 5. The summed E-state index contributed by atoms with van der Waals surface area (Å²) in [5.74, 6) is -0.141. The SMILES string of the molecule is C[C@@H]([NH2+][C@H](c1ccccc1)c1cccs1)C(=O)N1CCNC1=O. The van der Waals surface area contributed by atoms with Crippen LogP contribution in [0.3, 0.4) is 0 Å². The molecule has 1 aromatic carbocycles. The molecule has 2 aromatic rings. The van der Waals surface area contributed by atoms with Crippen molar-refractivity contribution in [2.45, 2.75) is 19.0 Å². The van der Waals surface area contributed by atoms with E-state index < -0.39 is 0 Å². The van der Waals surface area contributed by atoms with Crippen LogP contribution in [0.2, 0.25) is 0 Å². The molecule has 1 aromatic heterocycles. The smallest absolute Gasteiger partial charge is 0.324 e. The minimum Gasteiger partial charge on any atom is -0.336 e. The number of imide groups is 1. The highest BCUT2D eigenvalue weighted by Gasteiger charge is 2.33. The van der Waals surface area contributed by atoms with Gasteiger partial charge in [-0.05, 0) is 18.4 Å². The van der Waals surface area contributed by atoms with Crippen LogP contribution >= 0.6 is 11.3 Å².